The third kappa shape index (κ3) is 7.32. The third-order valence-corrected chi connectivity index (χ3v) is 9.13. The van der Waals surface area contributed by atoms with E-state index in [1.807, 2.05) is 13.8 Å². The average Bonchev–Trinajstić information content (AvgIpc) is 3.78. The fourth-order valence-electron chi connectivity index (χ4n) is 6.17. The van der Waals surface area contributed by atoms with Crippen LogP contribution in [0.15, 0.2) is 24.8 Å². The normalized spacial score (nSPS) is 24.1. The summed E-state index contributed by atoms with van der Waals surface area (Å²) in [6.07, 6.45) is 3.02. The molecule has 3 fully saturated rings. The van der Waals surface area contributed by atoms with Gasteiger partial charge in [-0.1, -0.05) is 74.6 Å². The maximum Gasteiger partial charge on any atom is 0.329 e. The van der Waals surface area contributed by atoms with Gasteiger partial charge in [-0.25, -0.2) is 9.59 Å². The molecule has 5 N–H and O–H groups in total. The van der Waals surface area contributed by atoms with E-state index in [4.69, 9.17) is 10.5 Å². The molecule has 1 saturated heterocycles. The first kappa shape index (κ1) is 34.8. The molecule has 2 aliphatic carbocycles. The van der Waals surface area contributed by atoms with Crippen molar-refractivity contribution in [1.29, 1.82) is 0 Å². The molecule has 44 heavy (non-hydrogen) atoms. The molecule has 0 aromatic heterocycles. The minimum absolute atomic E-state index is 0.00832. The van der Waals surface area contributed by atoms with Crippen molar-refractivity contribution in [1.82, 2.24) is 20.9 Å². The Hall–Kier alpha value is -3.70. The van der Waals surface area contributed by atoms with Crippen molar-refractivity contribution in [3.63, 3.8) is 0 Å². The van der Waals surface area contributed by atoms with Crippen LogP contribution in [0, 0.1) is 34.0 Å². The fourth-order valence-corrected chi connectivity index (χ4v) is 6.17. The highest BCUT2D eigenvalue weighted by molar-refractivity contribution is 6.38. The van der Waals surface area contributed by atoms with Gasteiger partial charge in [0.15, 0.2) is 0 Å². The molecule has 1 aliphatic heterocycles. The van der Waals surface area contributed by atoms with E-state index in [0.717, 1.165) is 12.8 Å². The maximum atomic E-state index is 14.2. The number of primary amides is 1. The molecular weight excluding hydrogens is 566 g/mol. The second kappa shape index (κ2) is 12.4. The van der Waals surface area contributed by atoms with E-state index in [1.54, 1.807) is 41.5 Å². The number of likely N-dealkylation sites (tertiary alicyclic amines) is 1. The summed E-state index contributed by atoms with van der Waals surface area (Å²) in [5.41, 5.74) is 3.99. The van der Waals surface area contributed by atoms with Crippen molar-refractivity contribution < 1.29 is 33.5 Å². The Kier molecular flexibility index (Phi) is 9.77. The summed E-state index contributed by atoms with van der Waals surface area (Å²) < 4.78 is 5.18. The highest BCUT2D eigenvalue weighted by Crippen LogP contribution is 2.65. The number of rotatable bonds is 12. The highest BCUT2D eigenvalue weighted by Gasteiger charge is 2.70. The fraction of sp³-hybridized carbons (Fsp3) is 0.688. The van der Waals surface area contributed by atoms with Crippen LogP contribution >= 0.6 is 0 Å². The van der Waals surface area contributed by atoms with Crippen LogP contribution in [0.3, 0.4) is 0 Å². The predicted octanol–water partition coefficient (Wildman–Crippen LogP) is 1.83. The van der Waals surface area contributed by atoms with Gasteiger partial charge in [-0.3, -0.25) is 19.2 Å². The molecule has 0 spiro atoms. The predicted molar refractivity (Wildman–Crippen MR) is 164 cm³/mol. The first-order valence-electron chi connectivity index (χ1n) is 15.1. The molecule has 0 aromatic rings. The minimum atomic E-state index is -1.28. The van der Waals surface area contributed by atoms with Gasteiger partial charge in [0.2, 0.25) is 17.6 Å². The van der Waals surface area contributed by atoms with Gasteiger partial charge in [-0.15, -0.1) is 0 Å². The summed E-state index contributed by atoms with van der Waals surface area (Å²) >= 11 is 0. The zero-order valence-corrected chi connectivity index (χ0v) is 27.2. The number of amides is 5. The molecule has 0 radical (unpaired) electrons. The Morgan fingerprint density at radius 1 is 0.977 bits per heavy atom. The number of hydrogen-bond donors (Lipinski definition) is 4. The van der Waals surface area contributed by atoms with Crippen LogP contribution in [-0.2, 0) is 28.7 Å². The number of carbonyl (C=O) groups excluding carboxylic acids is 6. The average molecular weight is 616 g/mol. The van der Waals surface area contributed by atoms with Gasteiger partial charge in [-0.05, 0) is 52.4 Å². The van der Waals surface area contributed by atoms with E-state index in [1.165, 1.54) is 11.0 Å². The topological polar surface area (TPSA) is 177 Å². The lowest BCUT2D eigenvalue weighted by atomic mass is 9.85. The van der Waals surface area contributed by atoms with Crippen molar-refractivity contribution in [2.24, 2.45) is 39.7 Å². The van der Waals surface area contributed by atoms with Crippen molar-refractivity contribution in [3.05, 3.63) is 24.8 Å². The first-order chi connectivity index (χ1) is 20.1. The Morgan fingerprint density at radius 3 is 2.00 bits per heavy atom. The number of hydrogen-bond acceptors (Lipinski definition) is 7. The Morgan fingerprint density at radius 2 is 1.52 bits per heavy atom. The molecular formula is C32H49N5O7. The molecule has 0 aromatic carbocycles. The molecule has 12 heteroatoms. The van der Waals surface area contributed by atoms with E-state index < -0.39 is 70.5 Å². The van der Waals surface area contributed by atoms with E-state index in [-0.39, 0.29) is 36.3 Å². The van der Waals surface area contributed by atoms with Crippen molar-refractivity contribution in [3.8, 4) is 0 Å². The molecule has 1 heterocycles. The number of nitrogens with two attached hydrogens (primary N) is 1. The maximum absolute atomic E-state index is 14.2. The molecule has 0 bridgehead atoms. The number of Topliss-reactive ketones (excluding diaryl/α,β-unsaturated/α-hetero) is 1. The third-order valence-electron chi connectivity index (χ3n) is 9.13. The quantitative estimate of drug-likeness (QED) is 0.147. The Bertz CT molecular complexity index is 1240. The number of ether oxygens (including phenoxy) is 1. The molecule has 3 rings (SSSR count). The zero-order chi connectivity index (χ0) is 33.5. The van der Waals surface area contributed by atoms with Crippen molar-refractivity contribution in [2.75, 3.05) is 13.2 Å². The molecule has 244 valence electrons. The van der Waals surface area contributed by atoms with E-state index >= 15 is 0 Å². The van der Waals surface area contributed by atoms with Crippen LogP contribution < -0.4 is 21.7 Å². The van der Waals surface area contributed by atoms with E-state index in [0.29, 0.717) is 5.57 Å². The Labute approximate surface area is 259 Å². The summed E-state index contributed by atoms with van der Waals surface area (Å²) in [6.45, 7) is 22.5. The van der Waals surface area contributed by atoms with Gasteiger partial charge < -0.3 is 31.3 Å². The van der Waals surface area contributed by atoms with E-state index in [9.17, 15) is 28.8 Å². The SMILES string of the molecule is C=CCOC(=O)[C@@H](NC(=O)N[C@H](C(=O)N1C[C@H]2[C@@H]([C@H]1C(=O)NC(C(=C)C1CC1)C(=O)C(N)=O)C2(C)C)C(C)(C)C)C(C)(C)C. The second-order valence-corrected chi connectivity index (χ2v) is 15.0. The molecule has 3 aliphatic rings. The van der Waals surface area contributed by atoms with Gasteiger partial charge in [0.05, 0.1) is 0 Å². The van der Waals surface area contributed by atoms with Crippen LogP contribution in [0.1, 0.15) is 68.2 Å². The number of nitrogens with zero attached hydrogens (tertiary/aromatic N) is 1. The molecule has 12 nitrogen and oxygen atoms in total. The number of nitrogens with one attached hydrogen (secondary N) is 3. The van der Waals surface area contributed by atoms with Crippen LogP contribution in [0.4, 0.5) is 4.79 Å². The lowest BCUT2D eigenvalue weighted by Gasteiger charge is -2.38. The largest absolute Gasteiger partial charge is 0.460 e. The minimum Gasteiger partial charge on any atom is -0.460 e. The molecule has 2 saturated carbocycles. The molecule has 1 unspecified atom stereocenters. The summed E-state index contributed by atoms with van der Waals surface area (Å²) in [7, 11) is 0. The van der Waals surface area contributed by atoms with Gasteiger partial charge >= 0.3 is 12.0 Å². The monoisotopic (exact) mass is 615 g/mol. The smallest absolute Gasteiger partial charge is 0.329 e. The van der Waals surface area contributed by atoms with Gasteiger partial charge in [0, 0.05) is 6.54 Å². The second-order valence-electron chi connectivity index (χ2n) is 15.0. The number of ketones is 1. The zero-order valence-electron chi connectivity index (χ0n) is 27.2. The van der Waals surface area contributed by atoms with Gasteiger partial charge in [-0.2, -0.15) is 0 Å². The highest BCUT2D eigenvalue weighted by atomic mass is 16.5. The van der Waals surface area contributed by atoms with Crippen molar-refractivity contribution >= 4 is 35.5 Å². The van der Waals surface area contributed by atoms with E-state index in [2.05, 4.69) is 29.1 Å². The molecule has 5 amide bonds. The van der Waals surface area contributed by atoms with Crippen LogP contribution in [0.2, 0.25) is 0 Å². The van der Waals surface area contributed by atoms with Crippen LogP contribution in [0.25, 0.3) is 0 Å². The lowest BCUT2D eigenvalue weighted by molar-refractivity contribution is -0.147. The first-order valence-corrected chi connectivity index (χ1v) is 15.1. The summed E-state index contributed by atoms with van der Waals surface area (Å²) in [6, 6.07) is -5.05. The number of urea groups is 1. The number of fused-ring (bicyclic) bond motifs is 1. The summed E-state index contributed by atoms with van der Waals surface area (Å²) in [5, 5.41) is 8.09. The molecule has 6 atom stereocenters. The number of carbonyl (C=O) groups is 6. The van der Waals surface area contributed by atoms with Gasteiger partial charge in [0.1, 0.15) is 30.8 Å². The summed E-state index contributed by atoms with van der Waals surface area (Å²) in [4.78, 5) is 80.0. The standard InChI is InChI=1S/C32H49N5O7/c1-11-14-44-28(42)24(31(6,7)8)36-29(43)35-23(30(3,4)5)27(41)37-15-18-19(32(18,9)10)21(37)26(40)34-20(22(38)25(33)39)16(2)17-12-13-17/h11,17-21,23-24H,1-2,12-15H2,3-10H3,(H2,33,39)(H,34,40)(H2,35,36,43)/t18-,19-,20?,21-,23+,24+/m0/s1. The summed E-state index contributed by atoms with van der Waals surface area (Å²) in [5.74, 6) is -3.98. The van der Waals surface area contributed by atoms with Gasteiger partial charge in [0.25, 0.3) is 5.91 Å². The number of esters is 1. The van der Waals surface area contributed by atoms with Crippen LogP contribution in [0.5, 0.6) is 0 Å². The van der Waals surface area contributed by atoms with Crippen molar-refractivity contribution in [2.45, 2.75) is 92.4 Å². The Balaban J connectivity index is 1.85. The number of piperidine rings is 1. The van der Waals surface area contributed by atoms with Crippen LogP contribution in [-0.4, -0.2) is 77.7 Å². The lowest BCUT2D eigenvalue weighted by Crippen LogP contribution is -2.62.